The number of hydrogen-bond acceptors (Lipinski definition) is 6. The van der Waals surface area contributed by atoms with Gasteiger partial charge in [0.05, 0.1) is 15.4 Å². The largest absolute Gasteiger partial charge is 0.504 e. The molecule has 0 bridgehead atoms. The number of phenolic OH excluding ortho intramolecular Hbond substituents is 2. The summed E-state index contributed by atoms with van der Waals surface area (Å²) in [6, 6.07) is 8.79. The van der Waals surface area contributed by atoms with Crippen molar-refractivity contribution in [1.82, 2.24) is 0 Å². The Morgan fingerprint density at radius 2 is 1.45 bits per heavy atom. The van der Waals surface area contributed by atoms with Crippen molar-refractivity contribution in [1.29, 1.82) is 0 Å². The van der Waals surface area contributed by atoms with Gasteiger partial charge in [0.2, 0.25) is 5.75 Å². The van der Waals surface area contributed by atoms with Crippen molar-refractivity contribution in [3.05, 3.63) is 56.6 Å². The second-order valence-corrected chi connectivity index (χ2v) is 3.87. The first-order valence-electron chi connectivity index (χ1n) is 5.36. The van der Waals surface area contributed by atoms with Crippen LogP contribution in [0.4, 0.5) is 11.4 Å². The van der Waals surface area contributed by atoms with Gasteiger partial charge in [-0.1, -0.05) is 30.3 Å². The highest BCUT2D eigenvalue weighted by molar-refractivity contribution is 5.84. The zero-order chi connectivity index (χ0) is 14.9. The first-order valence-corrected chi connectivity index (χ1v) is 5.36. The van der Waals surface area contributed by atoms with Crippen LogP contribution in [0.25, 0.3) is 11.1 Å². The van der Waals surface area contributed by atoms with Crippen LogP contribution in [-0.4, -0.2) is 20.1 Å². The molecule has 0 aliphatic rings. The van der Waals surface area contributed by atoms with Crippen LogP contribution in [0.2, 0.25) is 0 Å². The summed E-state index contributed by atoms with van der Waals surface area (Å²) in [5.41, 5.74) is -1.82. The maximum atomic E-state index is 11.1. The Morgan fingerprint density at radius 3 is 1.95 bits per heavy atom. The molecule has 0 saturated carbocycles. The second kappa shape index (κ2) is 4.84. The Labute approximate surface area is 111 Å². The molecule has 0 fully saturated rings. The zero-order valence-corrected chi connectivity index (χ0v) is 9.89. The summed E-state index contributed by atoms with van der Waals surface area (Å²) < 4.78 is 0. The summed E-state index contributed by atoms with van der Waals surface area (Å²) in [4.78, 5) is 19.9. The van der Waals surface area contributed by atoms with E-state index >= 15 is 0 Å². The Hall–Kier alpha value is -3.16. The normalized spacial score (nSPS) is 10.2. The van der Waals surface area contributed by atoms with Crippen LogP contribution in [-0.2, 0) is 0 Å². The molecule has 20 heavy (non-hydrogen) atoms. The number of rotatable bonds is 3. The molecule has 2 rings (SSSR count). The Morgan fingerprint density at radius 1 is 0.900 bits per heavy atom. The highest BCUT2D eigenvalue weighted by Gasteiger charge is 2.35. The smallest absolute Gasteiger partial charge is 0.391 e. The lowest BCUT2D eigenvalue weighted by Gasteiger charge is -2.06. The van der Waals surface area contributed by atoms with Crippen LogP contribution in [0.15, 0.2) is 36.4 Å². The minimum absolute atomic E-state index is 0.141. The molecule has 0 amide bonds. The lowest BCUT2D eigenvalue weighted by molar-refractivity contribution is -0.422. The maximum Gasteiger partial charge on any atom is 0.391 e. The van der Waals surface area contributed by atoms with Crippen LogP contribution in [0.1, 0.15) is 0 Å². The predicted molar refractivity (Wildman–Crippen MR) is 68.5 cm³/mol. The monoisotopic (exact) mass is 276 g/mol. The van der Waals surface area contributed by atoms with Gasteiger partial charge in [-0.15, -0.1) is 0 Å². The molecule has 0 spiro atoms. The van der Waals surface area contributed by atoms with Gasteiger partial charge in [-0.3, -0.25) is 20.2 Å². The fourth-order valence-electron chi connectivity index (χ4n) is 1.83. The van der Waals surface area contributed by atoms with E-state index in [2.05, 4.69) is 0 Å². The minimum atomic E-state index is -1.13. The molecule has 0 saturated heterocycles. The van der Waals surface area contributed by atoms with Crippen molar-refractivity contribution in [2.45, 2.75) is 0 Å². The summed E-state index contributed by atoms with van der Waals surface area (Å²) in [5.74, 6) is -1.91. The van der Waals surface area contributed by atoms with Crippen molar-refractivity contribution in [3.8, 4) is 22.6 Å². The Kier molecular flexibility index (Phi) is 3.21. The maximum absolute atomic E-state index is 11.1. The lowest BCUT2D eigenvalue weighted by atomic mass is 10.0. The van der Waals surface area contributed by atoms with Crippen LogP contribution >= 0.6 is 0 Å². The fourth-order valence-corrected chi connectivity index (χ4v) is 1.83. The van der Waals surface area contributed by atoms with E-state index in [1.807, 2.05) is 0 Å². The molecule has 8 heteroatoms. The van der Waals surface area contributed by atoms with E-state index in [4.69, 9.17) is 0 Å². The minimum Gasteiger partial charge on any atom is -0.504 e. The number of phenols is 2. The van der Waals surface area contributed by atoms with Crippen molar-refractivity contribution in [3.63, 3.8) is 0 Å². The standard InChI is InChI=1S/C12H8N2O6/c15-9-6-8(7-4-2-1-3-5-7)10(13(17)18)11(12(9)16)14(19)20/h1-6,15-16H. The average Bonchev–Trinajstić information content (AvgIpc) is 2.41. The van der Waals surface area contributed by atoms with E-state index in [1.54, 1.807) is 18.2 Å². The number of benzene rings is 2. The third-order valence-electron chi connectivity index (χ3n) is 2.68. The van der Waals surface area contributed by atoms with Gasteiger partial charge in [-0.25, -0.2) is 0 Å². The summed E-state index contributed by atoms with van der Waals surface area (Å²) in [6.45, 7) is 0. The van der Waals surface area contributed by atoms with Gasteiger partial charge in [0.15, 0.2) is 5.75 Å². The zero-order valence-electron chi connectivity index (χ0n) is 9.89. The molecule has 0 heterocycles. The lowest BCUT2D eigenvalue weighted by Crippen LogP contribution is -1.99. The summed E-state index contributed by atoms with van der Waals surface area (Å²) in [7, 11) is 0. The van der Waals surface area contributed by atoms with Crippen LogP contribution in [0, 0.1) is 20.2 Å². The van der Waals surface area contributed by atoms with Gasteiger partial charge < -0.3 is 10.2 Å². The van der Waals surface area contributed by atoms with E-state index in [9.17, 15) is 30.4 Å². The highest BCUT2D eigenvalue weighted by Crippen LogP contribution is 2.48. The number of hydrogen-bond donors (Lipinski definition) is 2. The van der Waals surface area contributed by atoms with Crippen LogP contribution in [0.5, 0.6) is 11.5 Å². The predicted octanol–water partition coefficient (Wildman–Crippen LogP) is 2.58. The number of nitro groups is 2. The molecule has 2 aromatic carbocycles. The first-order chi connectivity index (χ1) is 9.43. The van der Waals surface area contributed by atoms with E-state index in [1.165, 1.54) is 12.1 Å². The molecule has 102 valence electrons. The van der Waals surface area contributed by atoms with Crippen molar-refractivity contribution in [2.24, 2.45) is 0 Å². The molecule has 0 radical (unpaired) electrons. The second-order valence-electron chi connectivity index (χ2n) is 3.87. The molecular weight excluding hydrogens is 268 g/mol. The molecule has 0 aliphatic heterocycles. The molecule has 0 aliphatic carbocycles. The molecule has 0 atom stereocenters. The van der Waals surface area contributed by atoms with Crippen molar-refractivity contribution >= 4 is 11.4 Å². The van der Waals surface area contributed by atoms with Gasteiger partial charge >= 0.3 is 11.4 Å². The molecule has 2 aromatic rings. The summed E-state index contributed by atoms with van der Waals surface area (Å²) in [6.07, 6.45) is 0. The van der Waals surface area contributed by atoms with Crippen LogP contribution in [0.3, 0.4) is 0 Å². The van der Waals surface area contributed by atoms with Gasteiger partial charge in [0.1, 0.15) is 0 Å². The average molecular weight is 276 g/mol. The van der Waals surface area contributed by atoms with Gasteiger partial charge in [-0.2, -0.15) is 0 Å². The Bertz CT molecular complexity index is 699. The molecule has 0 unspecified atom stereocenters. The molecule has 0 aromatic heterocycles. The fraction of sp³-hybridized carbons (Fsp3) is 0. The Balaban J connectivity index is 2.88. The van der Waals surface area contributed by atoms with E-state index in [0.717, 1.165) is 6.07 Å². The number of nitrogens with zero attached hydrogens (tertiary/aromatic N) is 2. The van der Waals surface area contributed by atoms with Crippen LogP contribution < -0.4 is 0 Å². The molecule has 2 N–H and O–H groups in total. The van der Waals surface area contributed by atoms with Gasteiger partial charge in [0, 0.05) is 0 Å². The quantitative estimate of drug-likeness (QED) is 0.504. The topological polar surface area (TPSA) is 127 Å². The van der Waals surface area contributed by atoms with Crippen molar-refractivity contribution in [2.75, 3.05) is 0 Å². The number of aromatic hydroxyl groups is 2. The third kappa shape index (κ3) is 2.09. The first kappa shape index (κ1) is 13.3. The summed E-state index contributed by atoms with van der Waals surface area (Å²) in [5, 5.41) is 41.0. The third-order valence-corrected chi connectivity index (χ3v) is 2.68. The summed E-state index contributed by atoms with van der Waals surface area (Å²) >= 11 is 0. The highest BCUT2D eigenvalue weighted by atomic mass is 16.6. The van der Waals surface area contributed by atoms with Gasteiger partial charge in [0.25, 0.3) is 0 Å². The van der Waals surface area contributed by atoms with Gasteiger partial charge in [-0.05, 0) is 11.6 Å². The number of nitro benzene ring substituents is 2. The van der Waals surface area contributed by atoms with E-state index in [-0.39, 0.29) is 5.56 Å². The van der Waals surface area contributed by atoms with E-state index < -0.39 is 32.7 Å². The molecule has 8 nitrogen and oxygen atoms in total. The SMILES string of the molecule is O=[N+]([O-])c1c(-c2ccccc2)cc(O)c(O)c1[N+](=O)[O-]. The molecular formula is C12H8N2O6. The van der Waals surface area contributed by atoms with E-state index in [0.29, 0.717) is 5.56 Å². The van der Waals surface area contributed by atoms with Crippen molar-refractivity contribution < 1.29 is 20.1 Å².